The van der Waals surface area contributed by atoms with Gasteiger partial charge in [-0.2, -0.15) is 4.65 Å². The van der Waals surface area contributed by atoms with Crippen LogP contribution >= 0.6 is 0 Å². The number of quaternary nitrogens is 1. The lowest BCUT2D eigenvalue weighted by Gasteiger charge is -2.18. The fraction of sp³-hybridized carbons (Fsp3) is 1.00. The van der Waals surface area contributed by atoms with Crippen molar-refractivity contribution in [3.63, 3.8) is 0 Å². The molecule has 0 atom stereocenters. The Morgan fingerprint density at radius 3 is 1.89 bits per heavy atom. The van der Waals surface area contributed by atoms with Crippen molar-refractivity contribution in [3.8, 4) is 0 Å². The first-order valence-electron chi connectivity index (χ1n) is 3.12. The molecule has 0 amide bonds. The third-order valence-electron chi connectivity index (χ3n) is 1.06. The zero-order chi connectivity index (χ0) is 6.62. The van der Waals surface area contributed by atoms with Crippen LogP contribution in [0.2, 0.25) is 0 Å². The van der Waals surface area contributed by atoms with E-state index in [0.29, 0.717) is 0 Å². The lowest BCUT2D eigenvalue weighted by Crippen LogP contribution is -3.00. The van der Waals surface area contributed by atoms with Crippen molar-refractivity contribution < 1.29 is 22.3 Å². The lowest BCUT2D eigenvalue weighted by molar-refractivity contribution is -1.07. The Balaban J connectivity index is 0. The Labute approximate surface area is 63.4 Å². The first kappa shape index (κ1) is 11.9. The van der Waals surface area contributed by atoms with Gasteiger partial charge in [0.1, 0.15) is 6.54 Å². The zero-order valence-electron chi connectivity index (χ0n) is 6.39. The van der Waals surface area contributed by atoms with Gasteiger partial charge in [-0.15, -0.1) is 0 Å². The molecule has 3 heteroatoms. The van der Waals surface area contributed by atoms with E-state index >= 15 is 0 Å². The maximum absolute atomic E-state index is 9.09. The van der Waals surface area contributed by atoms with E-state index in [9.17, 15) is 0 Å². The molecule has 0 saturated carbocycles. The van der Waals surface area contributed by atoms with Crippen molar-refractivity contribution in [2.75, 3.05) is 20.6 Å². The molecule has 0 aliphatic rings. The third kappa shape index (κ3) is 11.7. The molecule has 0 saturated heterocycles. The Kier molecular flexibility index (Phi) is 6.68. The summed E-state index contributed by atoms with van der Waals surface area (Å²) >= 11 is 0. The molecule has 0 aromatic carbocycles. The molecule has 0 bridgehead atoms. The van der Waals surface area contributed by atoms with Crippen LogP contribution in [-0.4, -0.2) is 30.5 Å². The largest absolute Gasteiger partial charge is 1.00 e. The van der Waals surface area contributed by atoms with Crippen LogP contribution in [0.5, 0.6) is 0 Å². The first-order valence-corrected chi connectivity index (χ1v) is 3.12. The van der Waals surface area contributed by atoms with E-state index in [4.69, 9.17) is 5.21 Å². The summed E-state index contributed by atoms with van der Waals surface area (Å²) in [6, 6.07) is 0. The molecule has 0 unspecified atom stereocenters. The lowest BCUT2D eigenvalue weighted by atomic mass is 10.3. The number of hydrogen-bond donors (Lipinski definition) is 1. The second kappa shape index (κ2) is 5.03. The first-order chi connectivity index (χ1) is 3.56. The van der Waals surface area contributed by atoms with Crippen LogP contribution in [0.15, 0.2) is 0 Å². The van der Waals surface area contributed by atoms with E-state index in [1.165, 1.54) is 0 Å². The molecule has 9 heavy (non-hydrogen) atoms. The summed E-state index contributed by atoms with van der Waals surface area (Å²) in [5, 5.41) is 9.09. The maximum Gasteiger partial charge on any atom is 0.108 e. The molecule has 2 nitrogen and oxygen atoms in total. The topological polar surface area (TPSA) is 20.2 Å². The molecule has 0 spiro atoms. The summed E-state index contributed by atoms with van der Waals surface area (Å²) in [6.07, 6.45) is 2.26. The summed E-state index contributed by atoms with van der Waals surface area (Å²) in [4.78, 5) is 0. The minimum Gasteiger partial charge on any atom is -1.00 e. The van der Waals surface area contributed by atoms with Crippen molar-refractivity contribution in [1.29, 1.82) is 0 Å². The van der Waals surface area contributed by atoms with Gasteiger partial charge in [0.2, 0.25) is 0 Å². The van der Waals surface area contributed by atoms with Crippen LogP contribution in [0, 0.1) is 0 Å². The van der Waals surface area contributed by atoms with E-state index in [-0.39, 0.29) is 17.1 Å². The van der Waals surface area contributed by atoms with Gasteiger partial charge in [-0.1, -0.05) is 13.3 Å². The molecular weight excluding hydrogens is 138 g/mol. The number of nitrogens with zero attached hydrogens (tertiary/aromatic N) is 1. The van der Waals surface area contributed by atoms with Gasteiger partial charge >= 0.3 is 0 Å². The van der Waals surface area contributed by atoms with Gasteiger partial charge in [0.25, 0.3) is 0 Å². The standard InChI is InChI=1S/C6H16NO.ClH/c1-4-5-6-7(2,3)8;/h8H,4-6H2,1-3H3;1H/q+1;/p-1. The van der Waals surface area contributed by atoms with Gasteiger partial charge in [0.05, 0.1) is 14.1 Å². The Hall–Kier alpha value is 0.210. The molecule has 1 N–H and O–H groups in total. The van der Waals surface area contributed by atoms with Gasteiger partial charge < -0.3 is 12.4 Å². The molecule has 0 aliphatic carbocycles. The normalized spacial score (nSPS) is 10.7. The highest BCUT2D eigenvalue weighted by Crippen LogP contribution is 1.94. The predicted molar refractivity (Wildman–Crippen MR) is 33.7 cm³/mol. The summed E-state index contributed by atoms with van der Waals surface area (Å²) < 4.78 is 0.105. The van der Waals surface area contributed by atoms with Crippen LogP contribution in [0.4, 0.5) is 0 Å². The summed E-state index contributed by atoms with van der Waals surface area (Å²) in [7, 11) is 3.57. The number of hydroxylamine groups is 3. The molecule has 0 heterocycles. The van der Waals surface area contributed by atoms with Crippen LogP contribution in [0.3, 0.4) is 0 Å². The second-order valence-electron chi connectivity index (χ2n) is 2.70. The smallest absolute Gasteiger partial charge is 0.108 e. The Morgan fingerprint density at radius 2 is 1.78 bits per heavy atom. The molecule has 0 fully saturated rings. The number of unbranched alkanes of at least 4 members (excludes halogenated alkanes) is 1. The third-order valence-corrected chi connectivity index (χ3v) is 1.06. The number of rotatable bonds is 3. The Morgan fingerprint density at radius 1 is 1.33 bits per heavy atom. The van der Waals surface area contributed by atoms with Gasteiger partial charge in [-0.25, -0.2) is 5.21 Å². The predicted octanol–water partition coefficient (Wildman–Crippen LogP) is -1.74. The SMILES string of the molecule is CCCC[N+](C)(C)O.[Cl-]. The van der Waals surface area contributed by atoms with E-state index in [1.807, 2.05) is 0 Å². The van der Waals surface area contributed by atoms with Crippen molar-refractivity contribution in [2.45, 2.75) is 19.8 Å². The van der Waals surface area contributed by atoms with E-state index < -0.39 is 0 Å². The Bertz CT molecular complexity index is 60.6. The van der Waals surface area contributed by atoms with E-state index in [0.717, 1.165) is 19.4 Å². The van der Waals surface area contributed by atoms with Gasteiger partial charge in [-0.3, -0.25) is 0 Å². The average molecular weight is 154 g/mol. The monoisotopic (exact) mass is 153 g/mol. The minimum atomic E-state index is 0. The zero-order valence-corrected chi connectivity index (χ0v) is 7.15. The molecule has 0 radical (unpaired) electrons. The van der Waals surface area contributed by atoms with Crippen LogP contribution in [-0.2, 0) is 0 Å². The molecule has 0 aliphatic heterocycles. The van der Waals surface area contributed by atoms with Crippen LogP contribution < -0.4 is 12.4 Å². The fourth-order valence-electron chi connectivity index (χ4n) is 0.545. The highest BCUT2D eigenvalue weighted by atomic mass is 35.5. The highest BCUT2D eigenvalue weighted by molar-refractivity contribution is 4.26. The molecule has 58 valence electrons. The molecule has 0 aromatic rings. The van der Waals surface area contributed by atoms with Crippen molar-refractivity contribution in [1.82, 2.24) is 0 Å². The average Bonchev–Trinajstić information content (AvgIpc) is 1.59. The number of halogens is 1. The minimum absolute atomic E-state index is 0. The van der Waals surface area contributed by atoms with Gasteiger partial charge in [0.15, 0.2) is 0 Å². The molecule has 0 rings (SSSR count). The summed E-state index contributed by atoms with van der Waals surface area (Å²) in [6.45, 7) is 2.98. The van der Waals surface area contributed by atoms with E-state index in [2.05, 4.69) is 6.92 Å². The van der Waals surface area contributed by atoms with Crippen molar-refractivity contribution in [3.05, 3.63) is 0 Å². The van der Waals surface area contributed by atoms with Crippen molar-refractivity contribution >= 4 is 0 Å². The van der Waals surface area contributed by atoms with Crippen molar-refractivity contribution in [2.24, 2.45) is 0 Å². The number of hydrogen-bond acceptors (Lipinski definition) is 1. The van der Waals surface area contributed by atoms with Crippen LogP contribution in [0.25, 0.3) is 0 Å². The quantitative estimate of drug-likeness (QED) is 0.377. The molecule has 0 aromatic heterocycles. The van der Waals surface area contributed by atoms with E-state index in [1.54, 1.807) is 14.1 Å². The summed E-state index contributed by atoms with van der Waals surface area (Å²) in [5.74, 6) is 0. The molecular formula is C6H16ClNO. The van der Waals surface area contributed by atoms with Gasteiger partial charge in [0, 0.05) is 0 Å². The maximum atomic E-state index is 9.09. The highest BCUT2D eigenvalue weighted by Gasteiger charge is 2.06. The summed E-state index contributed by atoms with van der Waals surface area (Å²) in [5.41, 5.74) is 0. The van der Waals surface area contributed by atoms with Crippen LogP contribution in [0.1, 0.15) is 19.8 Å². The fourth-order valence-corrected chi connectivity index (χ4v) is 0.545. The second-order valence-corrected chi connectivity index (χ2v) is 2.70. The van der Waals surface area contributed by atoms with Gasteiger partial charge in [-0.05, 0) is 6.42 Å².